The zero-order valence-electron chi connectivity index (χ0n) is 14.0. The summed E-state index contributed by atoms with van der Waals surface area (Å²) < 4.78 is 18.2. The summed E-state index contributed by atoms with van der Waals surface area (Å²) in [5.74, 6) is 0. The predicted octanol–water partition coefficient (Wildman–Crippen LogP) is 2.61. The topological polar surface area (TPSA) is 21.3 Å². The van der Waals surface area contributed by atoms with Gasteiger partial charge in [0.25, 0.3) is 0 Å². The third-order valence-electron chi connectivity index (χ3n) is 3.86. The Hall–Kier alpha value is -1.44. The van der Waals surface area contributed by atoms with Crippen molar-refractivity contribution in [3.63, 3.8) is 0 Å². The van der Waals surface area contributed by atoms with Crippen LogP contribution in [0.5, 0.6) is 0 Å². The molecule has 5 heteroatoms. The number of nitrogens with one attached hydrogen (secondary N) is 1. The Morgan fingerprint density at radius 1 is 0.920 bits per heavy atom. The summed E-state index contributed by atoms with van der Waals surface area (Å²) >= 11 is 0.634. The first kappa shape index (κ1) is 18.4. The second-order valence-corrected chi connectivity index (χ2v) is 8.27. The molecule has 1 N–H and O–H groups in total. The number of alkyl halides is 1. The smallest absolute Gasteiger partial charge is 0.0383 e. The number of benzene rings is 2. The molecule has 0 spiro atoms. The van der Waals surface area contributed by atoms with E-state index in [1.807, 2.05) is 7.05 Å². The summed E-state index contributed by atoms with van der Waals surface area (Å²) in [6, 6.07) is 21.2. The molecule has 0 bridgehead atoms. The third kappa shape index (κ3) is 5.03. The summed E-state index contributed by atoms with van der Waals surface area (Å²) in [5, 5.41) is 3.14. The number of halogens is 2. The van der Waals surface area contributed by atoms with E-state index < -0.39 is 21.8 Å². The first-order valence-electron chi connectivity index (χ1n) is 8.05. The van der Waals surface area contributed by atoms with Gasteiger partial charge in [0.05, 0.1) is 0 Å². The molecular formula is C20H20FINOS-. The first-order chi connectivity index (χ1) is 12.3. The van der Waals surface area contributed by atoms with E-state index in [4.69, 9.17) is 4.74 Å². The third-order valence-corrected chi connectivity index (χ3v) is 5.90. The molecule has 2 nitrogen and oxygen atoms in total. The van der Waals surface area contributed by atoms with E-state index in [-0.39, 0.29) is 0 Å². The summed E-state index contributed by atoms with van der Waals surface area (Å²) in [6.07, 6.45) is 0. The maximum absolute atomic E-state index is 12.2. The molecule has 0 aliphatic heterocycles. The molecule has 3 rings (SSSR count). The number of ether oxygens (including phenoxy) is 1. The Morgan fingerprint density at radius 3 is 2.08 bits per heavy atom. The normalized spacial score (nSPS) is 11.0. The first-order valence-corrected chi connectivity index (χ1v) is 11.2. The zero-order chi connectivity index (χ0) is 17.5. The second kappa shape index (κ2) is 9.31. The molecule has 132 valence electrons. The molecule has 1 aromatic heterocycles. The fraction of sp³-hybridized carbons (Fsp3) is 0.200. The van der Waals surface area contributed by atoms with Gasteiger partial charge in [0.15, 0.2) is 0 Å². The van der Waals surface area contributed by atoms with Gasteiger partial charge in [0.2, 0.25) is 0 Å². The Bertz CT molecular complexity index is 786. The summed E-state index contributed by atoms with van der Waals surface area (Å²) in [4.78, 5) is 2.52. The fourth-order valence-electron chi connectivity index (χ4n) is 2.49. The van der Waals surface area contributed by atoms with Gasteiger partial charge in [-0.05, 0) is 12.1 Å². The maximum atomic E-state index is 12.2. The molecular weight excluding hydrogens is 448 g/mol. The molecule has 0 amide bonds. The Balaban J connectivity index is 1.67. The average Bonchev–Trinajstić information content (AvgIpc) is 3.16. The van der Waals surface area contributed by atoms with E-state index in [2.05, 4.69) is 66.0 Å². The van der Waals surface area contributed by atoms with Gasteiger partial charge in [0.1, 0.15) is 0 Å². The number of thiophene rings is 1. The van der Waals surface area contributed by atoms with Gasteiger partial charge in [0, 0.05) is 12.7 Å². The summed E-state index contributed by atoms with van der Waals surface area (Å²) in [7, 11) is 1.93. The summed E-state index contributed by atoms with van der Waals surface area (Å²) in [6.45, 7) is 1.07. The van der Waals surface area contributed by atoms with Crippen LogP contribution in [0.4, 0.5) is 8.55 Å². The molecule has 0 atom stereocenters. The quantitative estimate of drug-likeness (QED) is 0.312. The minimum absolute atomic E-state index is 0.520. The number of anilines is 1. The Kier molecular flexibility index (Phi) is 6.84. The van der Waals surface area contributed by atoms with Crippen molar-refractivity contribution in [3.05, 3.63) is 66.2 Å². The van der Waals surface area contributed by atoms with Crippen LogP contribution < -0.4 is 27.1 Å². The second-order valence-electron chi connectivity index (χ2n) is 5.53. The zero-order valence-corrected chi connectivity index (χ0v) is 16.9. The molecule has 25 heavy (non-hydrogen) atoms. The van der Waals surface area contributed by atoms with E-state index in [9.17, 15) is 2.86 Å². The van der Waals surface area contributed by atoms with Crippen LogP contribution in [-0.2, 0) is 11.3 Å². The Labute approximate surface area is 163 Å². The van der Waals surface area contributed by atoms with E-state index in [0.29, 0.717) is 17.6 Å². The van der Waals surface area contributed by atoms with Crippen molar-refractivity contribution in [1.82, 2.24) is 0 Å². The van der Waals surface area contributed by atoms with Crippen LogP contribution >= 0.6 is 11.3 Å². The van der Waals surface area contributed by atoms with Gasteiger partial charge in [-0.3, -0.25) is 0 Å². The van der Waals surface area contributed by atoms with Crippen LogP contribution in [0.3, 0.4) is 0 Å². The van der Waals surface area contributed by atoms with Gasteiger partial charge in [-0.15, -0.1) is 0 Å². The van der Waals surface area contributed by atoms with E-state index in [0.717, 1.165) is 11.3 Å². The van der Waals surface area contributed by atoms with Crippen LogP contribution in [0.15, 0.2) is 60.7 Å². The van der Waals surface area contributed by atoms with Crippen LogP contribution in [-0.4, -0.2) is 18.1 Å². The number of rotatable bonds is 8. The van der Waals surface area contributed by atoms with E-state index >= 15 is 0 Å². The van der Waals surface area contributed by atoms with Crippen molar-refractivity contribution in [2.24, 2.45) is 0 Å². The minimum atomic E-state index is -1.16. The number of hydrogen-bond acceptors (Lipinski definition) is 3. The standard InChI is InChI=1S/C20H20FINOS/c1-23-18-8-6-17(7-9-18)20-11-10-19(25-20)16-4-2-15(3-5-16)14-24-13-12-22-21/h2-11,23H,12-14H2,1H3/q-1. The molecule has 1 heterocycles. The van der Waals surface area contributed by atoms with Gasteiger partial charge < -0.3 is 5.32 Å². The molecule has 0 fully saturated rings. The van der Waals surface area contributed by atoms with Gasteiger partial charge in [-0.2, -0.15) is 0 Å². The monoisotopic (exact) mass is 468 g/mol. The molecule has 0 aliphatic carbocycles. The van der Waals surface area contributed by atoms with Gasteiger partial charge >= 0.3 is 121 Å². The average molecular weight is 468 g/mol. The number of hydrogen-bond donors (Lipinski definition) is 1. The Morgan fingerprint density at radius 2 is 1.52 bits per heavy atom. The van der Waals surface area contributed by atoms with Crippen LogP contribution in [0.1, 0.15) is 5.56 Å². The molecule has 3 aromatic rings. The van der Waals surface area contributed by atoms with Crippen molar-refractivity contribution in [3.8, 4) is 20.9 Å². The van der Waals surface area contributed by atoms with Crippen molar-refractivity contribution < 1.29 is 29.4 Å². The van der Waals surface area contributed by atoms with Crippen LogP contribution in [0.25, 0.3) is 20.9 Å². The van der Waals surface area contributed by atoms with Crippen molar-refractivity contribution in [1.29, 1.82) is 0 Å². The van der Waals surface area contributed by atoms with Crippen molar-refractivity contribution in [2.75, 3.05) is 23.4 Å². The maximum Gasteiger partial charge on any atom is -0.0383 e. The van der Waals surface area contributed by atoms with Crippen LogP contribution in [0, 0.1) is 0 Å². The molecule has 0 saturated carbocycles. The van der Waals surface area contributed by atoms with Gasteiger partial charge in [-0.25, -0.2) is 0 Å². The largest absolute Gasteiger partial charge is 0.0515 e. The van der Waals surface area contributed by atoms with E-state index in [1.54, 1.807) is 11.3 Å². The van der Waals surface area contributed by atoms with E-state index in [1.165, 1.54) is 20.9 Å². The molecule has 0 aliphatic rings. The molecule has 0 saturated heterocycles. The predicted molar refractivity (Wildman–Crippen MR) is 100 cm³/mol. The van der Waals surface area contributed by atoms with Crippen molar-refractivity contribution in [2.45, 2.75) is 6.61 Å². The molecule has 0 unspecified atom stereocenters. The van der Waals surface area contributed by atoms with Crippen molar-refractivity contribution >= 4 is 17.0 Å². The minimum Gasteiger partial charge on any atom is -0.0515 e. The fourth-order valence-corrected chi connectivity index (χ4v) is 3.98. The molecule has 0 radical (unpaired) electrons. The SMILES string of the molecule is CNc1ccc(-c2ccc(-c3ccc(COCC[I-]F)cc3)s2)cc1. The summed E-state index contributed by atoms with van der Waals surface area (Å²) in [5.41, 5.74) is 4.68. The molecule has 2 aromatic carbocycles. The van der Waals surface area contributed by atoms with Crippen LogP contribution in [0.2, 0.25) is 0 Å². The van der Waals surface area contributed by atoms with Gasteiger partial charge in [-0.1, -0.05) is 12.1 Å².